The molecule has 0 saturated heterocycles. The fourth-order valence-corrected chi connectivity index (χ4v) is 3.95. The van der Waals surface area contributed by atoms with Crippen LogP contribution in [0.15, 0.2) is 46.6 Å². The van der Waals surface area contributed by atoms with Crippen LogP contribution in [-0.2, 0) is 0 Å². The number of fused-ring (bicyclic) bond motifs is 1. The van der Waals surface area contributed by atoms with Gasteiger partial charge in [-0.1, -0.05) is 13.8 Å². The number of nitrogens with two attached hydrogens (primary N) is 1. The van der Waals surface area contributed by atoms with Crippen molar-refractivity contribution < 1.29 is 14.8 Å². The van der Waals surface area contributed by atoms with Crippen LogP contribution in [0.2, 0.25) is 0 Å². The molecule has 6 nitrogen and oxygen atoms in total. The number of hydrogen-bond donors (Lipinski definition) is 3. The molecule has 4 N–H and O–H groups in total. The molecular formula is C24H37N6+3. The summed E-state index contributed by atoms with van der Waals surface area (Å²) in [5.41, 5.74) is 6.52. The van der Waals surface area contributed by atoms with Crippen molar-refractivity contribution in [1.82, 2.24) is 0 Å². The van der Waals surface area contributed by atoms with E-state index in [0.29, 0.717) is 0 Å². The number of aryl methyl sites for hydroxylation is 1. The van der Waals surface area contributed by atoms with Crippen molar-refractivity contribution in [2.24, 2.45) is 10.2 Å². The van der Waals surface area contributed by atoms with Crippen LogP contribution in [0.1, 0.15) is 39.2 Å². The van der Waals surface area contributed by atoms with Gasteiger partial charge in [0.05, 0.1) is 44.5 Å². The van der Waals surface area contributed by atoms with Crippen molar-refractivity contribution in [3.05, 3.63) is 42.0 Å². The van der Waals surface area contributed by atoms with Gasteiger partial charge in [0.25, 0.3) is 5.69 Å². The molecule has 1 aliphatic heterocycles. The second-order valence-electron chi connectivity index (χ2n) is 8.20. The Balaban J connectivity index is 1.62. The molecule has 1 atom stereocenters. The number of nitrogens with zero attached hydrogens (tertiary/aromatic N) is 3. The highest BCUT2D eigenvalue weighted by Crippen LogP contribution is 2.31. The molecule has 0 bridgehead atoms. The first-order valence-electron chi connectivity index (χ1n) is 11.1. The zero-order chi connectivity index (χ0) is 21.7. The topological polar surface area (TPSA) is 60.8 Å². The minimum atomic E-state index is 0.735. The second kappa shape index (κ2) is 9.96. The summed E-state index contributed by atoms with van der Waals surface area (Å²) in [6, 6.07) is 13.3. The summed E-state index contributed by atoms with van der Waals surface area (Å²) in [7, 11) is 4.27. The van der Waals surface area contributed by atoms with Crippen LogP contribution in [-0.4, -0.2) is 43.6 Å². The van der Waals surface area contributed by atoms with E-state index in [-0.39, 0.29) is 0 Å². The molecule has 1 heterocycles. The molecule has 3 rings (SSSR count). The maximum Gasteiger partial charge on any atom is 0.344 e. The van der Waals surface area contributed by atoms with Crippen LogP contribution in [0.4, 0.5) is 28.4 Å². The van der Waals surface area contributed by atoms with Crippen molar-refractivity contribution in [2.45, 2.75) is 46.6 Å². The molecule has 6 heteroatoms. The first-order chi connectivity index (χ1) is 14.4. The number of anilines is 1. The zero-order valence-electron chi connectivity index (χ0n) is 19.3. The number of benzene rings is 2. The largest absolute Gasteiger partial charge is 0.379 e. The first kappa shape index (κ1) is 22.1. The Bertz CT molecular complexity index is 943. The summed E-state index contributed by atoms with van der Waals surface area (Å²) in [6.07, 6.45) is 2.46. The Kier molecular flexibility index (Phi) is 7.34. The zero-order valence-corrected chi connectivity index (χ0v) is 19.3. The van der Waals surface area contributed by atoms with Crippen LogP contribution >= 0.6 is 0 Å². The average Bonchev–Trinajstić information content (AvgIpc) is 2.97. The molecule has 2 aromatic carbocycles. The molecule has 0 aliphatic carbocycles. The van der Waals surface area contributed by atoms with Crippen LogP contribution in [0.3, 0.4) is 0 Å². The van der Waals surface area contributed by atoms with Crippen molar-refractivity contribution in [2.75, 3.05) is 32.5 Å². The monoisotopic (exact) mass is 409 g/mol. The summed E-state index contributed by atoms with van der Waals surface area (Å²) in [5.74, 6) is 1.29. The van der Waals surface area contributed by atoms with Gasteiger partial charge in [0, 0.05) is 17.8 Å². The summed E-state index contributed by atoms with van der Waals surface area (Å²) >= 11 is 0. The van der Waals surface area contributed by atoms with Gasteiger partial charge in [0.2, 0.25) is 5.69 Å². The number of amidine groups is 1. The molecule has 1 aliphatic rings. The maximum absolute atomic E-state index is 4.51. The molecule has 0 amide bonds. The van der Waals surface area contributed by atoms with Crippen LogP contribution in [0, 0.1) is 6.92 Å². The van der Waals surface area contributed by atoms with Gasteiger partial charge in [-0.05, 0) is 49.6 Å². The van der Waals surface area contributed by atoms with Crippen molar-refractivity contribution in [3.63, 3.8) is 0 Å². The Labute approximate surface area is 180 Å². The van der Waals surface area contributed by atoms with Gasteiger partial charge >= 0.3 is 5.84 Å². The Morgan fingerprint density at radius 2 is 1.83 bits per heavy atom. The van der Waals surface area contributed by atoms with E-state index in [9.17, 15) is 0 Å². The first-order valence-corrected chi connectivity index (χ1v) is 11.1. The predicted molar refractivity (Wildman–Crippen MR) is 125 cm³/mol. The van der Waals surface area contributed by atoms with Crippen LogP contribution in [0.5, 0.6) is 0 Å². The van der Waals surface area contributed by atoms with Gasteiger partial charge in [-0.2, -0.15) is 10.2 Å². The Morgan fingerprint density at radius 3 is 2.53 bits per heavy atom. The van der Waals surface area contributed by atoms with Gasteiger partial charge in [-0.25, -0.2) is 4.90 Å². The van der Waals surface area contributed by atoms with Gasteiger partial charge in [-0.3, -0.25) is 0 Å². The average molecular weight is 410 g/mol. The third-order valence-corrected chi connectivity index (χ3v) is 6.28. The number of rotatable bonds is 9. The number of azo groups is 1. The highest BCUT2D eigenvalue weighted by Gasteiger charge is 2.34. The summed E-state index contributed by atoms with van der Waals surface area (Å²) in [4.78, 5) is 1.33. The van der Waals surface area contributed by atoms with Crippen LogP contribution in [0.25, 0.3) is 0 Å². The van der Waals surface area contributed by atoms with Gasteiger partial charge in [0.1, 0.15) is 7.05 Å². The SMILES string of the molecule is CCC(CC)[NH2+]CCNc1ccc(N=Nc2ccc3c(c2)[N+](C)=C(C)[NH+]3C)c(C)c1. The molecule has 0 spiro atoms. The second-order valence-corrected chi connectivity index (χ2v) is 8.20. The molecule has 30 heavy (non-hydrogen) atoms. The molecule has 0 saturated carbocycles. The van der Waals surface area contributed by atoms with E-state index in [4.69, 9.17) is 0 Å². The van der Waals surface area contributed by atoms with E-state index in [1.165, 1.54) is 35.0 Å². The summed E-state index contributed by atoms with van der Waals surface area (Å²) in [6.45, 7) is 10.8. The third-order valence-electron chi connectivity index (χ3n) is 6.28. The highest BCUT2D eigenvalue weighted by atomic mass is 15.3. The molecule has 0 fully saturated rings. The van der Waals surface area contributed by atoms with E-state index in [1.807, 2.05) is 12.1 Å². The summed E-state index contributed by atoms with van der Waals surface area (Å²) < 4.78 is 2.22. The standard InChI is InChI=1S/C24H35N6/c1-7-19(8-2)25-13-14-26-20-9-11-22(17(3)15-20)28-27-21-10-12-23-24(16-21)30(6)18(4)29(23)5/h9-12,15-16,19,25-26H,7-8,13-14H2,1-6H3/q+1/p+2. The number of quaternary nitrogens is 2. The third kappa shape index (κ3) is 4.94. The smallest absolute Gasteiger partial charge is 0.344 e. The molecule has 0 aromatic heterocycles. The number of nitrogens with one attached hydrogen (secondary N) is 2. The summed E-state index contributed by atoms with van der Waals surface area (Å²) in [5, 5.41) is 15.0. The Hall–Kier alpha value is -2.57. The maximum atomic E-state index is 4.51. The quantitative estimate of drug-likeness (QED) is 0.332. The van der Waals surface area contributed by atoms with E-state index >= 15 is 0 Å². The highest BCUT2D eigenvalue weighted by molar-refractivity contribution is 5.77. The van der Waals surface area contributed by atoms with Gasteiger partial charge in [0.15, 0.2) is 0 Å². The van der Waals surface area contributed by atoms with Gasteiger partial charge < -0.3 is 10.6 Å². The van der Waals surface area contributed by atoms with E-state index in [0.717, 1.165) is 41.8 Å². The fourth-order valence-electron chi connectivity index (χ4n) is 3.95. The molecule has 160 valence electrons. The van der Waals surface area contributed by atoms with Crippen molar-refractivity contribution in [1.29, 1.82) is 0 Å². The Morgan fingerprint density at radius 1 is 1.07 bits per heavy atom. The molecule has 0 radical (unpaired) electrons. The molecule has 1 unspecified atom stereocenters. The van der Waals surface area contributed by atoms with Gasteiger partial charge in [-0.15, -0.1) is 4.58 Å². The van der Waals surface area contributed by atoms with E-state index in [2.05, 4.69) is 91.5 Å². The molecule has 2 aromatic rings. The molecular weight excluding hydrogens is 372 g/mol. The van der Waals surface area contributed by atoms with E-state index in [1.54, 1.807) is 0 Å². The van der Waals surface area contributed by atoms with Crippen molar-refractivity contribution >= 4 is 34.3 Å². The number of hydrogen-bond acceptors (Lipinski definition) is 3. The lowest BCUT2D eigenvalue weighted by Gasteiger charge is -2.12. The normalized spacial score (nSPS) is 16.0. The van der Waals surface area contributed by atoms with E-state index < -0.39 is 0 Å². The van der Waals surface area contributed by atoms with Crippen molar-refractivity contribution in [3.8, 4) is 0 Å². The lowest BCUT2D eigenvalue weighted by molar-refractivity contribution is -0.718. The minimum absolute atomic E-state index is 0.735. The lowest BCUT2D eigenvalue weighted by atomic mass is 10.1. The lowest BCUT2D eigenvalue weighted by Crippen LogP contribution is -3.05. The minimum Gasteiger partial charge on any atom is -0.379 e. The predicted octanol–water partition coefficient (Wildman–Crippen LogP) is 3.43. The fraction of sp³-hybridized carbons (Fsp3) is 0.458. The van der Waals surface area contributed by atoms with Crippen LogP contribution < -0.4 is 15.5 Å².